The number of benzene rings is 1. The first-order valence-electron chi connectivity index (χ1n) is 8.12. The van der Waals surface area contributed by atoms with E-state index in [0.717, 1.165) is 12.0 Å². The van der Waals surface area contributed by atoms with Crippen LogP contribution in [0.4, 0.5) is 4.79 Å². The summed E-state index contributed by atoms with van der Waals surface area (Å²) in [6.07, 6.45) is 8.63. The Labute approximate surface area is 132 Å². The SMILES string of the molecule is C=CC[C@@H](NNC(=O)OCc1ccccc1)C1CCCCC1. The largest absolute Gasteiger partial charge is 0.444 e. The Morgan fingerprint density at radius 2 is 2.00 bits per heavy atom. The monoisotopic (exact) mass is 302 g/mol. The average molecular weight is 302 g/mol. The van der Waals surface area contributed by atoms with Gasteiger partial charge in [0.15, 0.2) is 0 Å². The van der Waals surface area contributed by atoms with E-state index in [-0.39, 0.29) is 12.6 Å². The first kappa shape index (κ1) is 16.6. The molecule has 0 radical (unpaired) electrons. The van der Waals surface area contributed by atoms with Crippen LogP contribution in [0.3, 0.4) is 0 Å². The van der Waals surface area contributed by atoms with Gasteiger partial charge in [-0.15, -0.1) is 6.58 Å². The molecule has 2 N–H and O–H groups in total. The lowest BCUT2D eigenvalue weighted by atomic mass is 9.83. The van der Waals surface area contributed by atoms with Crippen molar-refractivity contribution < 1.29 is 9.53 Å². The number of rotatable bonds is 7. The molecule has 0 spiro atoms. The van der Waals surface area contributed by atoms with Crippen molar-refractivity contribution in [2.75, 3.05) is 0 Å². The van der Waals surface area contributed by atoms with Crippen molar-refractivity contribution in [3.8, 4) is 0 Å². The summed E-state index contributed by atoms with van der Waals surface area (Å²) < 4.78 is 5.21. The highest BCUT2D eigenvalue weighted by atomic mass is 16.6. The molecule has 0 aromatic heterocycles. The molecule has 0 bridgehead atoms. The second kappa shape index (κ2) is 9.26. The minimum atomic E-state index is -0.436. The van der Waals surface area contributed by atoms with Gasteiger partial charge < -0.3 is 4.74 Å². The molecule has 1 saturated carbocycles. The highest BCUT2D eigenvalue weighted by molar-refractivity contribution is 5.66. The van der Waals surface area contributed by atoms with Gasteiger partial charge in [-0.25, -0.2) is 10.2 Å². The van der Waals surface area contributed by atoms with Gasteiger partial charge >= 0.3 is 6.09 Å². The molecule has 0 saturated heterocycles. The van der Waals surface area contributed by atoms with Crippen LogP contribution in [0.1, 0.15) is 44.1 Å². The summed E-state index contributed by atoms with van der Waals surface area (Å²) >= 11 is 0. The van der Waals surface area contributed by atoms with Crippen LogP contribution in [0, 0.1) is 5.92 Å². The van der Waals surface area contributed by atoms with Crippen LogP contribution in [0.5, 0.6) is 0 Å². The zero-order valence-corrected chi connectivity index (χ0v) is 13.1. The topological polar surface area (TPSA) is 50.4 Å². The van der Waals surface area contributed by atoms with E-state index in [1.54, 1.807) is 0 Å². The fraction of sp³-hybridized carbons (Fsp3) is 0.500. The molecule has 4 heteroatoms. The molecule has 22 heavy (non-hydrogen) atoms. The third kappa shape index (κ3) is 5.53. The lowest BCUT2D eigenvalue weighted by Crippen LogP contribution is -2.48. The number of nitrogens with one attached hydrogen (secondary N) is 2. The van der Waals surface area contributed by atoms with Crippen molar-refractivity contribution in [3.63, 3.8) is 0 Å². The number of hydrogen-bond acceptors (Lipinski definition) is 3. The number of carbonyl (C=O) groups excluding carboxylic acids is 1. The lowest BCUT2D eigenvalue weighted by Gasteiger charge is -2.30. The summed E-state index contributed by atoms with van der Waals surface area (Å²) in [6.45, 7) is 4.10. The standard InChI is InChI=1S/C18H26N2O2/c1-2-9-17(16-12-7-4-8-13-16)19-20-18(21)22-14-15-10-5-3-6-11-15/h2-3,5-6,10-11,16-17,19H,1,4,7-9,12-14H2,(H,20,21)/t17-/m1/s1. The number of carbonyl (C=O) groups is 1. The number of hydrazine groups is 1. The molecular formula is C18H26N2O2. The average Bonchev–Trinajstić information content (AvgIpc) is 2.58. The van der Waals surface area contributed by atoms with Crippen LogP contribution in [0.15, 0.2) is 43.0 Å². The summed E-state index contributed by atoms with van der Waals surface area (Å²) in [4.78, 5) is 11.8. The molecule has 1 aliphatic rings. The van der Waals surface area contributed by atoms with Gasteiger partial charge in [0.1, 0.15) is 6.61 Å². The first-order valence-corrected chi connectivity index (χ1v) is 8.12. The fourth-order valence-electron chi connectivity index (χ4n) is 3.00. The molecule has 2 rings (SSSR count). The van der Waals surface area contributed by atoms with Gasteiger partial charge in [-0.05, 0) is 30.7 Å². The van der Waals surface area contributed by atoms with Gasteiger partial charge in [0.2, 0.25) is 0 Å². The smallest absolute Gasteiger partial charge is 0.421 e. The highest BCUT2D eigenvalue weighted by Gasteiger charge is 2.23. The predicted octanol–water partition coefficient (Wildman–Crippen LogP) is 3.94. The lowest BCUT2D eigenvalue weighted by molar-refractivity contribution is 0.128. The summed E-state index contributed by atoms with van der Waals surface area (Å²) in [5.41, 5.74) is 6.79. The summed E-state index contributed by atoms with van der Waals surface area (Å²) in [5, 5.41) is 0. The van der Waals surface area contributed by atoms with E-state index in [2.05, 4.69) is 17.4 Å². The molecule has 1 amide bonds. The van der Waals surface area contributed by atoms with E-state index in [0.29, 0.717) is 5.92 Å². The molecule has 4 nitrogen and oxygen atoms in total. The normalized spacial score (nSPS) is 16.7. The molecule has 0 unspecified atom stereocenters. The molecule has 1 atom stereocenters. The van der Waals surface area contributed by atoms with E-state index in [9.17, 15) is 4.79 Å². The molecule has 1 aliphatic carbocycles. The van der Waals surface area contributed by atoms with Gasteiger partial charge in [-0.3, -0.25) is 5.43 Å². The molecular weight excluding hydrogens is 276 g/mol. The second-order valence-corrected chi connectivity index (χ2v) is 5.86. The Balaban J connectivity index is 1.73. The van der Waals surface area contributed by atoms with Gasteiger partial charge in [0.05, 0.1) is 0 Å². The van der Waals surface area contributed by atoms with Crippen molar-refractivity contribution in [3.05, 3.63) is 48.6 Å². The minimum Gasteiger partial charge on any atom is -0.444 e. The van der Waals surface area contributed by atoms with Gasteiger partial charge in [-0.1, -0.05) is 55.7 Å². The highest BCUT2D eigenvalue weighted by Crippen LogP contribution is 2.27. The van der Waals surface area contributed by atoms with Crippen molar-refractivity contribution in [2.24, 2.45) is 5.92 Å². The van der Waals surface area contributed by atoms with Crippen LogP contribution in [-0.2, 0) is 11.3 Å². The van der Waals surface area contributed by atoms with Gasteiger partial charge in [-0.2, -0.15) is 0 Å². The van der Waals surface area contributed by atoms with Crippen molar-refractivity contribution in [1.29, 1.82) is 0 Å². The van der Waals surface area contributed by atoms with Crippen molar-refractivity contribution in [2.45, 2.75) is 51.2 Å². The second-order valence-electron chi connectivity index (χ2n) is 5.86. The fourth-order valence-corrected chi connectivity index (χ4v) is 3.00. The minimum absolute atomic E-state index is 0.238. The van der Waals surface area contributed by atoms with Gasteiger partial charge in [0.25, 0.3) is 0 Å². The van der Waals surface area contributed by atoms with Crippen LogP contribution in [0.2, 0.25) is 0 Å². The molecule has 1 aromatic carbocycles. The maximum atomic E-state index is 11.8. The van der Waals surface area contributed by atoms with E-state index in [1.807, 2.05) is 36.4 Å². The molecule has 1 aromatic rings. The van der Waals surface area contributed by atoms with Crippen LogP contribution in [0.25, 0.3) is 0 Å². The summed E-state index contributed by atoms with van der Waals surface area (Å²) in [5.74, 6) is 0.598. The summed E-state index contributed by atoms with van der Waals surface area (Å²) in [6, 6.07) is 9.90. The van der Waals surface area contributed by atoms with Crippen LogP contribution >= 0.6 is 0 Å². The zero-order chi connectivity index (χ0) is 15.6. The molecule has 0 heterocycles. The Hall–Kier alpha value is -1.81. The first-order chi connectivity index (χ1) is 10.8. The number of amides is 1. The molecule has 0 aliphatic heterocycles. The maximum absolute atomic E-state index is 11.8. The van der Waals surface area contributed by atoms with Gasteiger partial charge in [0, 0.05) is 6.04 Å². The molecule has 120 valence electrons. The van der Waals surface area contributed by atoms with Crippen molar-refractivity contribution in [1.82, 2.24) is 10.9 Å². The van der Waals surface area contributed by atoms with Crippen molar-refractivity contribution >= 4 is 6.09 Å². The maximum Gasteiger partial charge on any atom is 0.421 e. The van der Waals surface area contributed by atoms with Crippen LogP contribution in [-0.4, -0.2) is 12.1 Å². The Bertz CT molecular complexity index is 455. The number of hydrogen-bond donors (Lipinski definition) is 2. The van der Waals surface area contributed by atoms with E-state index >= 15 is 0 Å². The zero-order valence-electron chi connectivity index (χ0n) is 13.1. The Morgan fingerprint density at radius 1 is 1.27 bits per heavy atom. The molecule has 1 fully saturated rings. The Morgan fingerprint density at radius 3 is 2.68 bits per heavy atom. The Kier molecular flexibility index (Phi) is 6.97. The predicted molar refractivity (Wildman–Crippen MR) is 88.1 cm³/mol. The quantitative estimate of drug-likeness (QED) is 0.592. The van der Waals surface area contributed by atoms with Crippen LogP contribution < -0.4 is 10.9 Å². The third-order valence-electron chi connectivity index (χ3n) is 4.21. The summed E-state index contributed by atoms with van der Waals surface area (Å²) in [7, 11) is 0. The third-order valence-corrected chi connectivity index (χ3v) is 4.21. The van der Waals surface area contributed by atoms with E-state index in [4.69, 9.17) is 4.74 Å². The number of ether oxygens (including phenoxy) is 1. The van der Waals surface area contributed by atoms with E-state index < -0.39 is 6.09 Å². The van der Waals surface area contributed by atoms with E-state index in [1.165, 1.54) is 32.1 Å².